The third kappa shape index (κ3) is 1.06. The van der Waals surface area contributed by atoms with E-state index in [1.165, 1.54) is 12.5 Å². The maximum absolute atomic E-state index is 10.8. The molecular weight excluding hydrogens is 172 g/mol. The van der Waals surface area contributed by atoms with Crippen LogP contribution in [0.2, 0.25) is 0 Å². The third-order valence-electron chi connectivity index (χ3n) is 2.53. The monoisotopic (exact) mass is 182 g/mol. The molecule has 1 heterocycles. The quantitative estimate of drug-likeness (QED) is 0.676. The van der Waals surface area contributed by atoms with Crippen LogP contribution < -0.4 is 0 Å². The highest BCUT2D eigenvalue weighted by Crippen LogP contribution is 2.35. The van der Waals surface area contributed by atoms with Gasteiger partial charge in [-0.15, -0.1) is 0 Å². The van der Waals surface area contributed by atoms with E-state index >= 15 is 0 Å². The van der Waals surface area contributed by atoms with E-state index in [0.29, 0.717) is 12.0 Å². The Hall–Kier alpha value is -1.29. The fraction of sp³-hybridized carbons (Fsp3) is 0.444. The molecule has 1 aromatic heterocycles. The summed E-state index contributed by atoms with van der Waals surface area (Å²) in [7, 11) is 0. The van der Waals surface area contributed by atoms with Gasteiger partial charge in [-0.3, -0.25) is 0 Å². The molecule has 0 amide bonds. The van der Waals surface area contributed by atoms with Crippen molar-refractivity contribution in [2.24, 2.45) is 0 Å². The van der Waals surface area contributed by atoms with Crippen molar-refractivity contribution in [2.45, 2.75) is 24.9 Å². The lowest BCUT2D eigenvalue weighted by atomic mass is 9.82. The van der Waals surface area contributed by atoms with Gasteiger partial charge >= 0.3 is 5.97 Å². The molecule has 1 unspecified atom stereocenters. The third-order valence-corrected chi connectivity index (χ3v) is 2.53. The van der Waals surface area contributed by atoms with Crippen LogP contribution in [-0.4, -0.2) is 16.2 Å². The summed E-state index contributed by atoms with van der Waals surface area (Å²) in [4.78, 5) is 10.8. The average Bonchev–Trinajstić information content (AvgIpc) is 2.53. The van der Waals surface area contributed by atoms with Gasteiger partial charge in [0.1, 0.15) is 0 Å². The molecule has 0 spiro atoms. The van der Waals surface area contributed by atoms with E-state index in [9.17, 15) is 9.90 Å². The second kappa shape index (κ2) is 2.60. The lowest BCUT2D eigenvalue weighted by Gasteiger charge is -2.27. The Morgan fingerprint density at radius 3 is 3.00 bits per heavy atom. The van der Waals surface area contributed by atoms with Crippen molar-refractivity contribution in [3.8, 4) is 0 Å². The largest absolute Gasteiger partial charge is 0.479 e. The standard InChI is InChI=1S/C9H10O4/c10-8(11)9(12)3-1-2-6-4-13-5-7(6)9/h4-5,12H,1-3H2,(H,10,11). The summed E-state index contributed by atoms with van der Waals surface area (Å²) in [5.41, 5.74) is -0.525. The minimum Gasteiger partial charge on any atom is -0.479 e. The summed E-state index contributed by atoms with van der Waals surface area (Å²) >= 11 is 0. The first-order valence-corrected chi connectivity index (χ1v) is 4.16. The number of aliphatic carboxylic acids is 1. The number of carboxylic acid groups (broad SMARTS) is 1. The maximum atomic E-state index is 10.8. The highest BCUT2D eigenvalue weighted by Gasteiger charge is 2.42. The van der Waals surface area contributed by atoms with Crippen LogP contribution in [0.15, 0.2) is 16.9 Å². The number of hydrogen-bond donors (Lipinski definition) is 2. The number of furan rings is 1. The molecule has 70 valence electrons. The second-order valence-electron chi connectivity index (χ2n) is 3.33. The van der Waals surface area contributed by atoms with Crippen LogP contribution in [0.1, 0.15) is 24.0 Å². The Balaban J connectivity index is 2.51. The van der Waals surface area contributed by atoms with Crippen LogP contribution in [0.25, 0.3) is 0 Å². The van der Waals surface area contributed by atoms with Crippen LogP contribution in [0.3, 0.4) is 0 Å². The molecule has 13 heavy (non-hydrogen) atoms. The number of carbonyl (C=O) groups is 1. The van der Waals surface area contributed by atoms with Crippen LogP contribution >= 0.6 is 0 Å². The number of hydrogen-bond acceptors (Lipinski definition) is 3. The summed E-state index contributed by atoms with van der Waals surface area (Å²) in [5, 5.41) is 18.7. The molecule has 1 atom stereocenters. The van der Waals surface area contributed by atoms with E-state index in [-0.39, 0.29) is 6.42 Å². The Morgan fingerprint density at radius 1 is 1.54 bits per heavy atom. The zero-order valence-electron chi connectivity index (χ0n) is 6.99. The van der Waals surface area contributed by atoms with Gasteiger partial charge in [0.05, 0.1) is 12.5 Å². The van der Waals surface area contributed by atoms with Gasteiger partial charge in [0.25, 0.3) is 0 Å². The molecule has 0 saturated carbocycles. The van der Waals surface area contributed by atoms with Crippen molar-refractivity contribution < 1.29 is 19.4 Å². The summed E-state index contributed by atoms with van der Waals surface area (Å²) in [6, 6.07) is 0. The molecule has 2 N–H and O–H groups in total. The van der Waals surface area contributed by atoms with Gasteiger partial charge in [0.2, 0.25) is 0 Å². The lowest BCUT2D eigenvalue weighted by molar-refractivity contribution is -0.161. The van der Waals surface area contributed by atoms with Crippen molar-refractivity contribution in [1.82, 2.24) is 0 Å². The summed E-state index contributed by atoms with van der Waals surface area (Å²) in [5.74, 6) is -1.20. The molecule has 0 aliphatic heterocycles. The average molecular weight is 182 g/mol. The molecule has 4 nitrogen and oxygen atoms in total. The van der Waals surface area contributed by atoms with Gasteiger partial charge in [-0.2, -0.15) is 0 Å². The topological polar surface area (TPSA) is 70.7 Å². The van der Waals surface area contributed by atoms with Gasteiger partial charge in [-0.25, -0.2) is 4.79 Å². The van der Waals surface area contributed by atoms with Crippen molar-refractivity contribution >= 4 is 5.97 Å². The predicted molar refractivity (Wildman–Crippen MR) is 43.2 cm³/mol. The Labute approximate surface area is 74.8 Å². The number of aryl methyl sites for hydroxylation is 1. The van der Waals surface area contributed by atoms with E-state index in [1.807, 2.05) is 0 Å². The minimum absolute atomic E-state index is 0.259. The SMILES string of the molecule is O=C(O)C1(O)CCCc2cocc21. The summed E-state index contributed by atoms with van der Waals surface area (Å²) in [6.45, 7) is 0. The molecule has 0 aromatic carbocycles. The maximum Gasteiger partial charge on any atom is 0.340 e. The first-order valence-electron chi connectivity index (χ1n) is 4.16. The molecular formula is C9H10O4. The number of rotatable bonds is 1. The highest BCUT2D eigenvalue weighted by atomic mass is 16.4. The molecule has 0 radical (unpaired) electrons. The number of carboxylic acids is 1. The van der Waals surface area contributed by atoms with Crippen molar-refractivity contribution in [2.75, 3.05) is 0 Å². The van der Waals surface area contributed by atoms with Crippen LogP contribution in [0.4, 0.5) is 0 Å². The lowest BCUT2D eigenvalue weighted by Crippen LogP contribution is -2.38. The van der Waals surface area contributed by atoms with Crippen LogP contribution in [-0.2, 0) is 16.8 Å². The zero-order valence-corrected chi connectivity index (χ0v) is 6.99. The van der Waals surface area contributed by atoms with E-state index in [1.54, 1.807) is 0 Å². The molecule has 0 fully saturated rings. The summed E-state index contributed by atoms with van der Waals surface area (Å²) < 4.78 is 4.89. The van der Waals surface area contributed by atoms with Crippen LogP contribution in [0, 0.1) is 0 Å². The molecule has 0 saturated heterocycles. The molecule has 1 aliphatic carbocycles. The normalized spacial score (nSPS) is 26.8. The fourth-order valence-electron chi connectivity index (χ4n) is 1.77. The van der Waals surface area contributed by atoms with Crippen molar-refractivity contribution in [3.63, 3.8) is 0 Å². The van der Waals surface area contributed by atoms with Gasteiger partial charge < -0.3 is 14.6 Å². The smallest absolute Gasteiger partial charge is 0.340 e. The number of fused-ring (bicyclic) bond motifs is 1. The molecule has 0 bridgehead atoms. The molecule has 1 aliphatic rings. The van der Waals surface area contributed by atoms with Crippen molar-refractivity contribution in [1.29, 1.82) is 0 Å². The van der Waals surface area contributed by atoms with E-state index in [2.05, 4.69) is 0 Å². The van der Waals surface area contributed by atoms with Gasteiger partial charge in [-0.05, 0) is 24.8 Å². The minimum atomic E-state index is -1.74. The van der Waals surface area contributed by atoms with Gasteiger partial charge in [0, 0.05) is 5.56 Å². The first-order chi connectivity index (χ1) is 6.14. The Kier molecular flexibility index (Phi) is 1.66. The van der Waals surface area contributed by atoms with E-state index in [0.717, 1.165) is 12.0 Å². The second-order valence-corrected chi connectivity index (χ2v) is 3.33. The van der Waals surface area contributed by atoms with E-state index in [4.69, 9.17) is 9.52 Å². The van der Waals surface area contributed by atoms with Crippen LogP contribution in [0.5, 0.6) is 0 Å². The van der Waals surface area contributed by atoms with Gasteiger partial charge in [0.15, 0.2) is 5.60 Å². The Bertz CT molecular complexity index is 341. The van der Waals surface area contributed by atoms with Gasteiger partial charge in [-0.1, -0.05) is 0 Å². The first kappa shape index (κ1) is 8.31. The Morgan fingerprint density at radius 2 is 2.31 bits per heavy atom. The molecule has 4 heteroatoms. The number of aliphatic hydroxyl groups is 1. The predicted octanol–water partition coefficient (Wildman–Crippen LogP) is 0.888. The fourth-order valence-corrected chi connectivity index (χ4v) is 1.77. The van der Waals surface area contributed by atoms with E-state index < -0.39 is 11.6 Å². The van der Waals surface area contributed by atoms with Crippen molar-refractivity contribution in [3.05, 3.63) is 23.7 Å². The summed E-state index contributed by atoms with van der Waals surface area (Å²) in [6.07, 6.45) is 4.54. The highest BCUT2D eigenvalue weighted by molar-refractivity contribution is 5.79. The zero-order chi connectivity index (χ0) is 9.47. The molecule has 2 rings (SSSR count). The molecule has 1 aromatic rings.